The van der Waals surface area contributed by atoms with Crippen molar-refractivity contribution >= 4 is 5.91 Å². The van der Waals surface area contributed by atoms with Crippen molar-refractivity contribution in [3.8, 4) is 0 Å². The molecule has 1 aromatic carbocycles. The smallest absolute Gasteiger partial charge is 0.224 e. The van der Waals surface area contributed by atoms with E-state index in [0.717, 1.165) is 29.3 Å². The van der Waals surface area contributed by atoms with E-state index in [2.05, 4.69) is 28.7 Å². The second-order valence-corrected chi connectivity index (χ2v) is 8.01. The zero-order chi connectivity index (χ0) is 20.3. The minimum absolute atomic E-state index is 0.0889. The summed E-state index contributed by atoms with van der Waals surface area (Å²) in [5.74, 6) is 1.00. The molecule has 1 amide bonds. The number of rotatable bonds is 5. The Morgan fingerprint density at radius 3 is 2.36 bits per heavy atom. The molecule has 0 aliphatic carbocycles. The van der Waals surface area contributed by atoms with Gasteiger partial charge in [-0.2, -0.15) is 0 Å². The number of aromatic nitrogens is 2. The molecule has 1 aromatic heterocycles. The number of aryl methyl sites for hydroxylation is 2. The van der Waals surface area contributed by atoms with Crippen molar-refractivity contribution in [2.24, 2.45) is 5.92 Å². The second kappa shape index (κ2) is 8.78. The first kappa shape index (κ1) is 20.4. The van der Waals surface area contributed by atoms with E-state index in [1.54, 1.807) is 12.1 Å². The van der Waals surface area contributed by atoms with Gasteiger partial charge in [0, 0.05) is 43.5 Å². The maximum atomic E-state index is 13.2. The Balaban J connectivity index is 1.78. The van der Waals surface area contributed by atoms with Crippen molar-refractivity contribution in [3.05, 3.63) is 58.9 Å². The normalized spacial score (nSPS) is 18.6. The Hall–Kier alpha value is -2.34. The van der Waals surface area contributed by atoms with E-state index in [1.807, 2.05) is 24.8 Å². The lowest BCUT2D eigenvalue weighted by Gasteiger charge is -2.34. The van der Waals surface area contributed by atoms with Crippen LogP contribution in [0, 0.1) is 25.6 Å². The van der Waals surface area contributed by atoms with E-state index in [4.69, 9.17) is 0 Å². The van der Waals surface area contributed by atoms with Gasteiger partial charge in [-0.1, -0.05) is 26.0 Å². The Labute approximate surface area is 166 Å². The molecule has 1 aliphatic heterocycles. The molecule has 0 unspecified atom stereocenters. The van der Waals surface area contributed by atoms with Crippen LogP contribution in [-0.2, 0) is 17.9 Å². The standard InChI is InChI=1S/C22H29FN4O/c1-15(2)20-13-26(14-21-24-16(3)11-17(4)25-21)10-9-22(28)27(20)12-18-5-7-19(23)8-6-18/h5-8,11,15,20H,9-10,12-14H2,1-4H3/t20-/m1/s1. The molecular formula is C22H29FN4O. The third-order valence-electron chi connectivity index (χ3n) is 5.24. The molecule has 2 aromatic rings. The highest BCUT2D eigenvalue weighted by Crippen LogP contribution is 2.22. The first-order chi connectivity index (χ1) is 13.3. The summed E-state index contributed by atoms with van der Waals surface area (Å²) >= 11 is 0. The molecule has 1 fully saturated rings. The molecule has 0 N–H and O–H groups in total. The minimum Gasteiger partial charge on any atom is -0.334 e. The van der Waals surface area contributed by atoms with Crippen LogP contribution < -0.4 is 0 Å². The molecule has 5 nitrogen and oxygen atoms in total. The van der Waals surface area contributed by atoms with Crippen LogP contribution in [0.1, 0.15) is 43.0 Å². The highest BCUT2D eigenvalue weighted by atomic mass is 19.1. The van der Waals surface area contributed by atoms with Crippen molar-refractivity contribution in [1.82, 2.24) is 19.8 Å². The highest BCUT2D eigenvalue weighted by Gasteiger charge is 2.32. The fourth-order valence-corrected chi connectivity index (χ4v) is 3.81. The summed E-state index contributed by atoms with van der Waals surface area (Å²) in [6, 6.07) is 8.47. The molecule has 28 heavy (non-hydrogen) atoms. The average Bonchev–Trinajstić information content (AvgIpc) is 2.76. The van der Waals surface area contributed by atoms with Gasteiger partial charge in [-0.25, -0.2) is 14.4 Å². The predicted octanol–water partition coefficient (Wildman–Crippen LogP) is 3.49. The summed E-state index contributed by atoms with van der Waals surface area (Å²) in [6.07, 6.45) is 0.467. The van der Waals surface area contributed by atoms with E-state index in [-0.39, 0.29) is 17.8 Å². The fraction of sp³-hybridized carbons (Fsp3) is 0.500. The first-order valence-corrected chi connectivity index (χ1v) is 9.89. The molecule has 1 saturated heterocycles. The van der Waals surface area contributed by atoms with Crippen LogP contribution >= 0.6 is 0 Å². The van der Waals surface area contributed by atoms with Crippen LogP contribution in [0.25, 0.3) is 0 Å². The van der Waals surface area contributed by atoms with Gasteiger partial charge in [0.1, 0.15) is 11.6 Å². The number of benzene rings is 1. The van der Waals surface area contributed by atoms with E-state index in [0.29, 0.717) is 32.0 Å². The van der Waals surface area contributed by atoms with Crippen LogP contribution in [0.5, 0.6) is 0 Å². The van der Waals surface area contributed by atoms with Crippen LogP contribution in [0.4, 0.5) is 4.39 Å². The summed E-state index contributed by atoms with van der Waals surface area (Å²) < 4.78 is 13.2. The topological polar surface area (TPSA) is 49.3 Å². The maximum absolute atomic E-state index is 13.2. The largest absolute Gasteiger partial charge is 0.334 e. The Morgan fingerprint density at radius 2 is 1.75 bits per heavy atom. The molecule has 0 radical (unpaired) electrons. The molecule has 3 rings (SSSR count). The quantitative estimate of drug-likeness (QED) is 0.792. The van der Waals surface area contributed by atoms with Gasteiger partial charge in [-0.05, 0) is 43.5 Å². The van der Waals surface area contributed by atoms with Crippen LogP contribution in [-0.4, -0.2) is 44.8 Å². The maximum Gasteiger partial charge on any atom is 0.224 e. The molecule has 2 heterocycles. The Kier molecular flexibility index (Phi) is 6.39. The average molecular weight is 384 g/mol. The number of hydrogen-bond donors (Lipinski definition) is 0. The van der Waals surface area contributed by atoms with Crippen molar-refractivity contribution in [1.29, 1.82) is 0 Å². The zero-order valence-corrected chi connectivity index (χ0v) is 17.2. The molecule has 6 heteroatoms. The molecule has 0 saturated carbocycles. The van der Waals surface area contributed by atoms with Gasteiger partial charge in [-0.3, -0.25) is 9.69 Å². The first-order valence-electron chi connectivity index (χ1n) is 9.89. The Bertz CT molecular complexity index is 802. The number of nitrogens with zero attached hydrogens (tertiary/aromatic N) is 4. The summed E-state index contributed by atoms with van der Waals surface area (Å²) in [5, 5.41) is 0. The summed E-state index contributed by atoms with van der Waals surface area (Å²) in [6.45, 7) is 10.9. The van der Waals surface area contributed by atoms with Gasteiger partial charge in [0.05, 0.1) is 6.54 Å². The lowest BCUT2D eigenvalue weighted by atomic mass is 10.0. The van der Waals surface area contributed by atoms with Crippen LogP contribution in [0.3, 0.4) is 0 Å². The van der Waals surface area contributed by atoms with Crippen molar-refractivity contribution in [3.63, 3.8) is 0 Å². The van der Waals surface area contributed by atoms with E-state index in [9.17, 15) is 9.18 Å². The third-order valence-corrected chi connectivity index (χ3v) is 5.24. The molecule has 0 bridgehead atoms. The predicted molar refractivity (Wildman–Crippen MR) is 107 cm³/mol. The van der Waals surface area contributed by atoms with Gasteiger partial charge in [0.15, 0.2) is 0 Å². The van der Waals surface area contributed by atoms with Crippen molar-refractivity contribution < 1.29 is 9.18 Å². The van der Waals surface area contributed by atoms with Gasteiger partial charge in [0.25, 0.3) is 0 Å². The van der Waals surface area contributed by atoms with Gasteiger partial charge < -0.3 is 4.90 Å². The number of carbonyl (C=O) groups excluding carboxylic acids is 1. The SMILES string of the molecule is Cc1cc(C)nc(CN2CCC(=O)N(Cc3ccc(F)cc3)[C@@H](C(C)C)C2)n1. The molecule has 1 aliphatic rings. The lowest BCUT2D eigenvalue weighted by Crippen LogP contribution is -2.45. The van der Waals surface area contributed by atoms with E-state index < -0.39 is 0 Å². The van der Waals surface area contributed by atoms with E-state index >= 15 is 0 Å². The van der Waals surface area contributed by atoms with Gasteiger partial charge >= 0.3 is 0 Å². The number of amides is 1. The zero-order valence-electron chi connectivity index (χ0n) is 17.2. The summed E-state index contributed by atoms with van der Waals surface area (Å²) in [5.41, 5.74) is 2.88. The lowest BCUT2D eigenvalue weighted by molar-refractivity contribution is -0.134. The monoisotopic (exact) mass is 384 g/mol. The summed E-state index contributed by atoms with van der Waals surface area (Å²) in [7, 11) is 0. The van der Waals surface area contributed by atoms with Gasteiger partial charge in [0.2, 0.25) is 5.91 Å². The van der Waals surface area contributed by atoms with Crippen LogP contribution in [0.2, 0.25) is 0 Å². The van der Waals surface area contributed by atoms with E-state index in [1.165, 1.54) is 12.1 Å². The van der Waals surface area contributed by atoms with Crippen molar-refractivity contribution in [2.45, 2.75) is 53.2 Å². The number of hydrogen-bond acceptors (Lipinski definition) is 4. The van der Waals surface area contributed by atoms with Crippen LogP contribution in [0.15, 0.2) is 30.3 Å². The van der Waals surface area contributed by atoms with Crippen molar-refractivity contribution in [2.75, 3.05) is 13.1 Å². The Morgan fingerprint density at radius 1 is 1.11 bits per heavy atom. The molecular weight excluding hydrogens is 355 g/mol. The number of halogens is 1. The molecule has 1 atom stereocenters. The minimum atomic E-state index is -0.258. The fourth-order valence-electron chi connectivity index (χ4n) is 3.81. The molecule has 150 valence electrons. The second-order valence-electron chi connectivity index (χ2n) is 8.01. The highest BCUT2D eigenvalue weighted by molar-refractivity contribution is 5.77. The van der Waals surface area contributed by atoms with Gasteiger partial charge in [-0.15, -0.1) is 0 Å². The summed E-state index contributed by atoms with van der Waals surface area (Å²) in [4.78, 5) is 26.3. The number of carbonyl (C=O) groups is 1. The third kappa shape index (κ3) is 5.13. The molecule has 0 spiro atoms.